The molecule has 0 aromatic rings. The van der Waals surface area contributed by atoms with E-state index in [1.807, 2.05) is 19.1 Å². The summed E-state index contributed by atoms with van der Waals surface area (Å²) in [5.74, 6) is 0.149. The second-order valence-corrected chi connectivity index (χ2v) is 5.20. The molecule has 14 heavy (non-hydrogen) atoms. The van der Waals surface area contributed by atoms with Gasteiger partial charge in [-0.3, -0.25) is 4.79 Å². The van der Waals surface area contributed by atoms with Crippen molar-refractivity contribution in [2.75, 3.05) is 6.61 Å². The van der Waals surface area contributed by atoms with Crippen LogP contribution in [0.4, 0.5) is 0 Å². The molecule has 1 saturated heterocycles. The summed E-state index contributed by atoms with van der Waals surface area (Å²) in [5, 5.41) is 0. The van der Waals surface area contributed by atoms with E-state index in [1.54, 1.807) is 0 Å². The first kappa shape index (κ1) is 9.66. The highest BCUT2D eigenvalue weighted by molar-refractivity contribution is 6.07. The van der Waals surface area contributed by atoms with E-state index >= 15 is 0 Å². The van der Waals surface area contributed by atoms with Gasteiger partial charge in [0, 0.05) is 5.57 Å². The van der Waals surface area contributed by atoms with E-state index < -0.39 is 5.60 Å². The molecule has 0 amide bonds. The first-order valence-corrected chi connectivity index (χ1v) is 4.96. The van der Waals surface area contributed by atoms with E-state index in [4.69, 9.17) is 4.74 Å². The van der Waals surface area contributed by atoms with E-state index in [9.17, 15) is 4.79 Å². The van der Waals surface area contributed by atoms with E-state index in [0.717, 1.165) is 11.1 Å². The summed E-state index contributed by atoms with van der Waals surface area (Å²) in [5.41, 5.74) is 1.34. The number of Topliss-reactive ketones (excluding diaryl/α,β-unsaturated/α-hetero) is 1. The molecule has 0 radical (unpaired) electrons. The van der Waals surface area contributed by atoms with Crippen LogP contribution in [0.3, 0.4) is 0 Å². The van der Waals surface area contributed by atoms with Crippen LogP contribution in [0.1, 0.15) is 27.7 Å². The molecule has 2 nitrogen and oxygen atoms in total. The summed E-state index contributed by atoms with van der Waals surface area (Å²) in [7, 11) is 0. The van der Waals surface area contributed by atoms with Crippen molar-refractivity contribution in [2.45, 2.75) is 33.3 Å². The first-order valence-electron chi connectivity index (χ1n) is 4.96. The Morgan fingerprint density at radius 1 is 1.43 bits per heavy atom. The predicted octanol–water partition coefficient (Wildman–Crippen LogP) is 2.26. The highest BCUT2D eigenvalue weighted by Gasteiger charge is 2.53. The Balaban J connectivity index is 2.43. The van der Waals surface area contributed by atoms with Gasteiger partial charge in [0.15, 0.2) is 11.4 Å². The van der Waals surface area contributed by atoms with Crippen molar-refractivity contribution >= 4 is 5.78 Å². The molecule has 0 N–H and O–H groups in total. The molecule has 0 bridgehead atoms. The number of ketones is 1. The summed E-state index contributed by atoms with van der Waals surface area (Å²) in [6.07, 6.45) is 3.92. The zero-order valence-corrected chi connectivity index (χ0v) is 9.18. The van der Waals surface area contributed by atoms with Gasteiger partial charge >= 0.3 is 0 Å². The summed E-state index contributed by atoms with van der Waals surface area (Å²) >= 11 is 0. The largest absolute Gasteiger partial charge is 0.356 e. The van der Waals surface area contributed by atoms with E-state index in [2.05, 4.69) is 20.8 Å². The van der Waals surface area contributed by atoms with Crippen LogP contribution in [0.5, 0.6) is 0 Å². The fourth-order valence-electron chi connectivity index (χ4n) is 1.85. The van der Waals surface area contributed by atoms with Gasteiger partial charge in [0.2, 0.25) is 0 Å². The SMILES string of the molecule is CC1=C[C@@]2(CO2)C(=O)C(C(C)(C)C)=C1. The maximum Gasteiger partial charge on any atom is 0.197 e. The number of rotatable bonds is 0. The van der Waals surface area contributed by atoms with Gasteiger partial charge in [-0.2, -0.15) is 0 Å². The number of carbonyl (C=O) groups is 1. The molecule has 1 spiro atoms. The molecule has 2 heteroatoms. The standard InChI is InChI=1S/C12H16O2/c1-8-5-9(11(2,3)4)10(13)12(6-8)7-14-12/h5-6H,7H2,1-4H3/t12-/m1/s1. The second-order valence-electron chi connectivity index (χ2n) is 5.20. The van der Waals surface area contributed by atoms with Crippen LogP contribution in [0.2, 0.25) is 0 Å². The van der Waals surface area contributed by atoms with Crippen LogP contribution in [-0.4, -0.2) is 18.0 Å². The molecule has 0 aromatic heterocycles. The highest BCUT2D eigenvalue weighted by atomic mass is 16.6. The molecular formula is C12H16O2. The van der Waals surface area contributed by atoms with Crippen molar-refractivity contribution in [1.29, 1.82) is 0 Å². The average molecular weight is 192 g/mol. The molecular weight excluding hydrogens is 176 g/mol. The van der Waals surface area contributed by atoms with Gasteiger partial charge in [-0.05, 0) is 18.4 Å². The van der Waals surface area contributed by atoms with Crippen LogP contribution in [0, 0.1) is 5.41 Å². The van der Waals surface area contributed by atoms with Crippen LogP contribution in [0.15, 0.2) is 23.3 Å². The molecule has 1 aliphatic heterocycles. The molecule has 0 saturated carbocycles. The predicted molar refractivity (Wildman–Crippen MR) is 55.0 cm³/mol. The molecule has 2 aliphatic rings. The normalized spacial score (nSPS) is 31.6. The van der Waals surface area contributed by atoms with E-state index in [0.29, 0.717) is 6.61 Å². The molecule has 1 aliphatic carbocycles. The molecule has 1 fully saturated rings. The molecule has 1 heterocycles. The lowest BCUT2D eigenvalue weighted by molar-refractivity contribution is -0.120. The summed E-state index contributed by atoms with van der Waals surface area (Å²) in [4.78, 5) is 12.1. The second kappa shape index (κ2) is 2.57. The van der Waals surface area contributed by atoms with Crippen molar-refractivity contribution in [3.63, 3.8) is 0 Å². The van der Waals surface area contributed by atoms with Gasteiger partial charge in [0.25, 0.3) is 0 Å². The Kier molecular flexibility index (Phi) is 1.77. The van der Waals surface area contributed by atoms with Crippen LogP contribution in [0.25, 0.3) is 0 Å². The first-order chi connectivity index (χ1) is 6.35. The van der Waals surface area contributed by atoms with Crippen molar-refractivity contribution in [2.24, 2.45) is 5.41 Å². The molecule has 2 rings (SSSR count). The van der Waals surface area contributed by atoms with E-state index in [-0.39, 0.29) is 11.2 Å². The van der Waals surface area contributed by atoms with Crippen LogP contribution >= 0.6 is 0 Å². The minimum Gasteiger partial charge on any atom is -0.356 e. The van der Waals surface area contributed by atoms with Crippen molar-refractivity contribution < 1.29 is 9.53 Å². The maximum atomic E-state index is 12.1. The lowest BCUT2D eigenvalue weighted by Crippen LogP contribution is -2.32. The third kappa shape index (κ3) is 1.34. The smallest absolute Gasteiger partial charge is 0.197 e. The van der Waals surface area contributed by atoms with Gasteiger partial charge in [-0.1, -0.05) is 32.4 Å². The quantitative estimate of drug-likeness (QED) is 0.551. The topological polar surface area (TPSA) is 29.6 Å². The zero-order chi connectivity index (χ0) is 10.6. The average Bonchev–Trinajstić information content (AvgIpc) is 2.76. The molecule has 1 atom stereocenters. The monoisotopic (exact) mass is 192 g/mol. The lowest BCUT2D eigenvalue weighted by atomic mass is 9.76. The van der Waals surface area contributed by atoms with E-state index in [1.165, 1.54) is 0 Å². The molecule has 0 aromatic carbocycles. The summed E-state index contributed by atoms with van der Waals surface area (Å²) in [6, 6.07) is 0. The fourth-order valence-corrected chi connectivity index (χ4v) is 1.85. The van der Waals surface area contributed by atoms with Gasteiger partial charge in [0.05, 0.1) is 6.61 Å². The number of allylic oxidation sites excluding steroid dienone is 2. The summed E-state index contributed by atoms with van der Waals surface area (Å²) < 4.78 is 5.28. The number of hydrogen-bond donors (Lipinski definition) is 0. The van der Waals surface area contributed by atoms with Crippen LogP contribution in [-0.2, 0) is 9.53 Å². The number of epoxide rings is 1. The van der Waals surface area contributed by atoms with Crippen molar-refractivity contribution in [3.05, 3.63) is 23.3 Å². The number of hydrogen-bond acceptors (Lipinski definition) is 2. The van der Waals surface area contributed by atoms with Gasteiger partial charge in [-0.15, -0.1) is 0 Å². The minimum atomic E-state index is -0.582. The Hall–Kier alpha value is -0.890. The highest BCUT2D eigenvalue weighted by Crippen LogP contribution is 2.42. The number of ether oxygens (including phenoxy) is 1. The fraction of sp³-hybridized carbons (Fsp3) is 0.583. The zero-order valence-electron chi connectivity index (χ0n) is 9.18. The Labute approximate surface area is 84.6 Å². The number of carbonyl (C=O) groups excluding carboxylic acids is 1. The molecule has 76 valence electrons. The Bertz CT molecular complexity index is 349. The summed E-state index contributed by atoms with van der Waals surface area (Å²) in [6.45, 7) is 8.75. The van der Waals surface area contributed by atoms with Crippen LogP contribution < -0.4 is 0 Å². The lowest BCUT2D eigenvalue weighted by Gasteiger charge is -2.26. The Morgan fingerprint density at radius 3 is 2.43 bits per heavy atom. The van der Waals surface area contributed by atoms with Gasteiger partial charge in [-0.25, -0.2) is 0 Å². The Morgan fingerprint density at radius 2 is 2.00 bits per heavy atom. The maximum absolute atomic E-state index is 12.1. The molecule has 0 unspecified atom stereocenters. The van der Waals surface area contributed by atoms with Gasteiger partial charge in [0.1, 0.15) is 0 Å². The third-order valence-electron chi connectivity index (χ3n) is 2.73. The third-order valence-corrected chi connectivity index (χ3v) is 2.73. The van der Waals surface area contributed by atoms with Crippen molar-refractivity contribution in [1.82, 2.24) is 0 Å². The van der Waals surface area contributed by atoms with Crippen molar-refractivity contribution in [3.8, 4) is 0 Å². The minimum absolute atomic E-state index is 0.0917. The van der Waals surface area contributed by atoms with Gasteiger partial charge < -0.3 is 4.74 Å².